The van der Waals surface area contributed by atoms with E-state index in [1.165, 1.54) is 11.3 Å². The van der Waals surface area contributed by atoms with Crippen molar-refractivity contribution in [3.63, 3.8) is 0 Å². The Bertz CT molecular complexity index is 914. The van der Waals surface area contributed by atoms with Crippen LogP contribution in [0.3, 0.4) is 0 Å². The van der Waals surface area contributed by atoms with Crippen molar-refractivity contribution < 1.29 is 9.53 Å². The molecule has 0 saturated carbocycles. The first kappa shape index (κ1) is 17.9. The molecule has 1 amide bonds. The molecule has 5 nitrogen and oxygen atoms in total. The number of anilines is 1. The normalized spacial score (nSPS) is 15.8. The van der Waals surface area contributed by atoms with Crippen LogP contribution in [0.2, 0.25) is 0 Å². The topological polar surface area (TPSA) is 45.7 Å². The third-order valence-corrected chi connectivity index (χ3v) is 6.10. The highest BCUT2D eigenvalue weighted by molar-refractivity contribution is 7.20. The van der Waals surface area contributed by atoms with Gasteiger partial charge in [-0.15, -0.1) is 11.3 Å². The second-order valence-corrected chi connectivity index (χ2v) is 7.93. The maximum absolute atomic E-state index is 13.5. The Morgan fingerprint density at radius 3 is 2.70 bits per heavy atom. The van der Waals surface area contributed by atoms with Gasteiger partial charge in [0.05, 0.1) is 17.3 Å². The third kappa shape index (κ3) is 3.68. The van der Waals surface area contributed by atoms with Crippen LogP contribution in [-0.2, 0) is 0 Å². The molecule has 27 heavy (non-hydrogen) atoms. The molecule has 0 spiro atoms. The number of carbonyl (C=O) groups is 1. The smallest absolute Gasteiger partial charge is 0.287 e. The minimum Gasteiger partial charge on any atom is -0.497 e. The summed E-state index contributed by atoms with van der Waals surface area (Å²) >= 11 is 1.46. The number of nitrogens with zero attached hydrogens (tertiary/aromatic N) is 3. The molecule has 4 rings (SSSR count). The minimum absolute atomic E-state index is 0.0287. The highest BCUT2D eigenvalue weighted by atomic mass is 32.1. The largest absolute Gasteiger partial charge is 0.497 e. The van der Waals surface area contributed by atoms with E-state index in [9.17, 15) is 4.79 Å². The zero-order valence-corrected chi connectivity index (χ0v) is 16.4. The number of amides is 1. The molecule has 0 N–H and O–H groups in total. The summed E-state index contributed by atoms with van der Waals surface area (Å²) in [5, 5.41) is 0.540. The van der Waals surface area contributed by atoms with Gasteiger partial charge < -0.3 is 14.5 Å². The summed E-state index contributed by atoms with van der Waals surface area (Å²) in [5.41, 5.74) is 1.74. The van der Waals surface area contributed by atoms with E-state index in [1.807, 2.05) is 53.4 Å². The van der Waals surface area contributed by atoms with E-state index < -0.39 is 0 Å². The number of ether oxygens (including phenoxy) is 1. The maximum Gasteiger partial charge on any atom is 0.287 e. The van der Waals surface area contributed by atoms with Crippen molar-refractivity contribution in [2.45, 2.75) is 18.9 Å². The van der Waals surface area contributed by atoms with Crippen molar-refractivity contribution in [2.24, 2.45) is 0 Å². The molecular formula is C21H23N3O2S. The van der Waals surface area contributed by atoms with Gasteiger partial charge in [-0.2, -0.15) is 0 Å². The van der Waals surface area contributed by atoms with Gasteiger partial charge >= 0.3 is 0 Å². The summed E-state index contributed by atoms with van der Waals surface area (Å²) in [6.07, 6.45) is 1.90. The SMILES string of the molecule is COc1cccc(N(C(=O)c2nc3ccccc3s2)C2CCN(C)CC2)c1. The van der Waals surface area contributed by atoms with Crippen molar-refractivity contribution in [2.75, 3.05) is 32.1 Å². The number of rotatable bonds is 4. The number of hydrogen-bond acceptors (Lipinski definition) is 5. The first-order valence-electron chi connectivity index (χ1n) is 9.17. The highest BCUT2D eigenvalue weighted by Gasteiger charge is 2.31. The van der Waals surface area contributed by atoms with Gasteiger partial charge in [-0.1, -0.05) is 18.2 Å². The van der Waals surface area contributed by atoms with E-state index in [-0.39, 0.29) is 11.9 Å². The van der Waals surface area contributed by atoms with Gasteiger partial charge in [0.15, 0.2) is 5.01 Å². The molecule has 0 unspecified atom stereocenters. The third-order valence-electron chi connectivity index (χ3n) is 5.08. The molecule has 1 aromatic heterocycles. The fourth-order valence-corrected chi connectivity index (χ4v) is 4.48. The molecule has 3 aromatic rings. The summed E-state index contributed by atoms with van der Waals surface area (Å²) in [6.45, 7) is 1.97. The molecule has 0 bridgehead atoms. The number of hydrogen-bond donors (Lipinski definition) is 0. The molecule has 0 atom stereocenters. The number of benzene rings is 2. The van der Waals surface area contributed by atoms with E-state index in [2.05, 4.69) is 16.9 Å². The van der Waals surface area contributed by atoms with Gasteiger partial charge in [-0.3, -0.25) is 4.79 Å². The summed E-state index contributed by atoms with van der Waals surface area (Å²) in [5.74, 6) is 0.724. The van der Waals surface area contributed by atoms with E-state index in [4.69, 9.17) is 4.74 Å². The molecule has 140 valence electrons. The number of fused-ring (bicyclic) bond motifs is 1. The van der Waals surface area contributed by atoms with Crippen LogP contribution in [0.1, 0.15) is 22.6 Å². The van der Waals surface area contributed by atoms with Gasteiger partial charge in [0, 0.05) is 17.8 Å². The van der Waals surface area contributed by atoms with E-state index in [0.717, 1.165) is 47.6 Å². The quantitative estimate of drug-likeness (QED) is 0.684. The van der Waals surface area contributed by atoms with Crippen molar-refractivity contribution in [3.05, 3.63) is 53.5 Å². The number of carbonyl (C=O) groups excluding carboxylic acids is 1. The summed E-state index contributed by atoms with van der Waals surface area (Å²) in [6, 6.07) is 15.8. The average Bonchev–Trinajstić information content (AvgIpc) is 3.14. The molecule has 1 fully saturated rings. The fourth-order valence-electron chi connectivity index (χ4n) is 3.57. The molecule has 1 aliphatic rings. The number of piperidine rings is 1. The maximum atomic E-state index is 13.5. The summed E-state index contributed by atoms with van der Waals surface area (Å²) < 4.78 is 6.42. The first-order chi connectivity index (χ1) is 13.2. The Labute approximate surface area is 163 Å². The first-order valence-corrected chi connectivity index (χ1v) is 9.99. The Balaban J connectivity index is 1.72. The summed E-state index contributed by atoms with van der Waals surface area (Å²) in [7, 11) is 3.77. The van der Waals surface area contributed by atoms with Crippen molar-refractivity contribution in [3.8, 4) is 5.75 Å². The van der Waals surface area contributed by atoms with Gasteiger partial charge in [0.25, 0.3) is 5.91 Å². The van der Waals surface area contributed by atoms with Gasteiger partial charge in [0.1, 0.15) is 5.75 Å². The molecular weight excluding hydrogens is 358 g/mol. The Morgan fingerprint density at radius 2 is 1.96 bits per heavy atom. The standard InChI is InChI=1S/C21H23N3O2S/c1-23-12-10-15(11-13-23)24(16-6-5-7-17(14-16)26-2)21(25)20-22-18-8-3-4-9-19(18)27-20/h3-9,14-15H,10-13H2,1-2H3. The lowest BCUT2D eigenvalue weighted by atomic mass is 10.0. The van der Waals surface area contributed by atoms with Gasteiger partial charge in [-0.05, 0) is 57.2 Å². The number of para-hydroxylation sites is 1. The van der Waals surface area contributed by atoms with Gasteiger partial charge in [0.2, 0.25) is 0 Å². The van der Waals surface area contributed by atoms with Crippen LogP contribution in [0.5, 0.6) is 5.75 Å². The minimum atomic E-state index is -0.0287. The summed E-state index contributed by atoms with van der Waals surface area (Å²) in [4.78, 5) is 22.3. The predicted molar refractivity (Wildman–Crippen MR) is 110 cm³/mol. The molecule has 1 saturated heterocycles. The monoisotopic (exact) mass is 381 g/mol. The lowest BCUT2D eigenvalue weighted by Crippen LogP contribution is -2.46. The number of aromatic nitrogens is 1. The van der Waals surface area contributed by atoms with Crippen LogP contribution >= 0.6 is 11.3 Å². The van der Waals surface area contributed by atoms with Crippen LogP contribution in [-0.4, -0.2) is 49.1 Å². The van der Waals surface area contributed by atoms with Crippen LogP contribution in [0.15, 0.2) is 48.5 Å². The van der Waals surface area contributed by atoms with Crippen molar-refractivity contribution in [1.82, 2.24) is 9.88 Å². The van der Waals surface area contributed by atoms with E-state index in [1.54, 1.807) is 7.11 Å². The fraction of sp³-hybridized carbons (Fsp3) is 0.333. The van der Waals surface area contributed by atoms with Crippen LogP contribution < -0.4 is 9.64 Å². The molecule has 1 aliphatic heterocycles. The average molecular weight is 382 g/mol. The number of methoxy groups -OCH3 is 1. The van der Waals surface area contributed by atoms with Crippen LogP contribution in [0, 0.1) is 0 Å². The van der Waals surface area contributed by atoms with Crippen LogP contribution in [0.4, 0.5) is 5.69 Å². The van der Waals surface area contributed by atoms with Crippen LogP contribution in [0.25, 0.3) is 10.2 Å². The lowest BCUT2D eigenvalue weighted by molar-refractivity contribution is 0.0963. The van der Waals surface area contributed by atoms with Crippen molar-refractivity contribution in [1.29, 1.82) is 0 Å². The second kappa shape index (κ2) is 7.66. The highest BCUT2D eigenvalue weighted by Crippen LogP contribution is 2.30. The Hall–Kier alpha value is -2.44. The zero-order valence-electron chi connectivity index (χ0n) is 15.6. The lowest BCUT2D eigenvalue weighted by Gasteiger charge is -2.37. The van der Waals surface area contributed by atoms with E-state index in [0.29, 0.717) is 5.01 Å². The zero-order chi connectivity index (χ0) is 18.8. The van der Waals surface area contributed by atoms with Gasteiger partial charge in [-0.25, -0.2) is 4.98 Å². The van der Waals surface area contributed by atoms with Crippen molar-refractivity contribution >= 4 is 33.1 Å². The number of thiazole rings is 1. The molecule has 0 aliphatic carbocycles. The molecule has 6 heteroatoms. The predicted octanol–water partition coefficient (Wildman–Crippen LogP) is 4.05. The number of likely N-dealkylation sites (tertiary alicyclic amines) is 1. The Morgan fingerprint density at radius 1 is 1.19 bits per heavy atom. The molecule has 2 heterocycles. The Kier molecular flexibility index (Phi) is 5.09. The molecule has 0 radical (unpaired) electrons. The van der Waals surface area contributed by atoms with E-state index >= 15 is 0 Å². The second-order valence-electron chi connectivity index (χ2n) is 6.90. The molecule has 2 aromatic carbocycles.